The van der Waals surface area contributed by atoms with Gasteiger partial charge in [0.1, 0.15) is 5.58 Å². The van der Waals surface area contributed by atoms with Crippen molar-refractivity contribution in [2.75, 3.05) is 26.2 Å². The maximum atomic E-state index is 12.7. The fourth-order valence-corrected chi connectivity index (χ4v) is 4.02. The molecule has 6 heteroatoms. The number of fused-ring (bicyclic) bond motifs is 1. The van der Waals surface area contributed by atoms with Gasteiger partial charge in [-0.3, -0.25) is 9.59 Å². The first-order chi connectivity index (χ1) is 12.1. The average molecular weight is 361 g/mol. The third-order valence-corrected chi connectivity index (χ3v) is 5.51. The lowest BCUT2D eigenvalue weighted by Gasteiger charge is -2.35. The molecular formula is C19H21ClN2O3. The van der Waals surface area contributed by atoms with Crippen LogP contribution in [-0.2, 0) is 4.79 Å². The number of nitrogens with zero attached hydrogens (tertiary/aromatic N) is 2. The van der Waals surface area contributed by atoms with Gasteiger partial charge >= 0.3 is 0 Å². The number of piperazine rings is 1. The molecule has 25 heavy (non-hydrogen) atoms. The van der Waals surface area contributed by atoms with Crippen LogP contribution >= 0.6 is 11.6 Å². The molecule has 1 aromatic carbocycles. The van der Waals surface area contributed by atoms with Crippen LogP contribution in [0.25, 0.3) is 11.0 Å². The molecule has 0 radical (unpaired) electrons. The zero-order valence-corrected chi connectivity index (χ0v) is 14.8. The third kappa shape index (κ3) is 3.25. The van der Waals surface area contributed by atoms with Crippen molar-refractivity contribution in [2.24, 2.45) is 5.92 Å². The number of halogens is 1. The summed E-state index contributed by atoms with van der Waals surface area (Å²) >= 11 is 5.98. The molecule has 2 amide bonds. The molecule has 132 valence electrons. The molecule has 2 aliphatic rings. The third-order valence-electron chi connectivity index (χ3n) is 5.27. The van der Waals surface area contributed by atoms with Crippen molar-refractivity contribution >= 4 is 34.4 Å². The average Bonchev–Trinajstić information content (AvgIpc) is 3.30. The summed E-state index contributed by atoms with van der Waals surface area (Å²) in [5, 5.41) is 1.44. The lowest BCUT2D eigenvalue weighted by molar-refractivity contribution is -0.136. The Balaban J connectivity index is 1.41. The van der Waals surface area contributed by atoms with Gasteiger partial charge in [0.2, 0.25) is 5.91 Å². The van der Waals surface area contributed by atoms with Crippen LogP contribution in [-0.4, -0.2) is 47.8 Å². The second-order valence-corrected chi connectivity index (χ2v) is 7.33. The van der Waals surface area contributed by atoms with E-state index in [9.17, 15) is 9.59 Å². The Labute approximate surface area is 151 Å². The normalized spacial score (nSPS) is 18.9. The molecule has 5 nitrogen and oxygen atoms in total. The van der Waals surface area contributed by atoms with Gasteiger partial charge < -0.3 is 14.2 Å². The molecule has 2 aromatic rings. The molecule has 2 fully saturated rings. The highest BCUT2D eigenvalue weighted by atomic mass is 35.5. The summed E-state index contributed by atoms with van der Waals surface area (Å²) < 4.78 is 5.66. The van der Waals surface area contributed by atoms with E-state index in [1.165, 1.54) is 0 Å². The summed E-state index contributed by atoms with van der Waals surface area (Å²) in [6.45, 7) is 2.31. The van der Waals surface area contributed by atoms with E-state index in [0.29, 0.717) is 42.5 Å². The van der Waals surface area contributed by atoms with Gasteiger partial charge in [-0.2, -0.15) is 0 Å². The van der Waals surface area contributed by atoms with Gasteiger partial charge in [-0.05, 0) is 37.1 Å². The minimum Gasteiger partial charge on any atom is -0.451 e. The molecule has 0 atom stereocenters. The first-order valence-electron chi connectivity index (χ1n) is 8.89. The van der Waals surface area contributed by atoms with Gasteiger partial charge in [0.05, 0.1) is 0 Å². The maximum Gasteiger partial charge on any atom is 0.289 e. The first-order valence-corrected chi connectivity index (χ1v) is 9.27. The number of hydrogen-bond donors (Lipinski definition) is 0. The van der Waals surface area contributed by atoms with Crippen molar-refractivity contribution in [2.45, 2.75) is 25.7 Å². The number of furan rings is 1. The molecule has 0 bridgehead atoms. The van der Waals surface area contributed by atoms with Gasteiger partial charge in [-0.15, -0.1) is 0 Å². The number of amides is 2. The van der Waals surface area contributed by atoms with Crippen molar-refractivity contribution in [3.63, 3.8) is 0 Å². The Bertz CT molecular complexity index is 802. The largest absolute Gasteiger partial charge is 0.451 e. The van der Waals surface area contributed by atoms with Crippen LogP contribution in [0.5, 0.6) is 0 Å². The van der Waals surface area contributed by atoms with Gasteiger partial charge in [0.25, 0.3) is 5.91 Å². The molecule has 1 aliphatic carbocycles. The summed E-state index contributed by atoms with van der Waals surface area (Å²) in [5.41, 5.74) is 0.655. The smallest absolute Gasteiger partial charge is 0.289 e. The first kappa shape index (κ1) is 16.5. The van der Waals surface area contributed by atoms with Crippen LogP contribution in [0.2, 0.25) is 5.02 Å². The molecule has 4 rings (SSSR count). The van der Waals surface area contributed by atoms with E-state index < -0.39 is 0 Å². The standard InChI is InChI=1S/C19H21ClN2O3/c20-15-5-6-16-14(11-15)12-17(25-16)19(24)22-9-7-21(8-10-22)18(23)13-3-1-2-4-13/h5-6,11-13H,1-4,7-10H2. The Kier molecular flexibility index (Phi) is 4.42. The van der Waals surface area contributed by atoms with Crippen LogP contribution in [0.4, 0.5) is 0 Å². The molecule has 1 saturated carbocycles. The minimum atomic E-state index is -0.125. The van der Waals surface area contributed by atoms with E-state index in [0.717, 1.165) is 31.1 Å². The fourth-order valence-electron chi connectivity index (χ4n) is 3.84. The van der Waals surface area contributed by atoms with Crippen molar-refractivity contribution < 1.29 is 14.0 Å². The number of rotatable bonds is 2. The monoisotopic (exact) mass is 360 g/mol. The van der Waals surface area contributed by atoms with Crippen LogP contribution in [0.1, 0.15) is 36.2 Å². The zero-order valence-electron chi connectivity index (χ0n) is 14.0. The van der Waals surface area contributed by atoms with Crippen LogP contribution in [0, 0.1) is 5.92 Å². The van der Waals surface area contributed by atoms with E-state index in [1.807, 2.05) is 4.90 Å². The highest BCUT2D eigenvalue weighted by molar-refractivity contribution is 6.31. The quantitative estimate of drug-likeness (QED) is 0.822. The van der Waals surface area contributed by atoms with Gasteiger partial charge in [-0.1, -0.05) is 24.4 Å². The molecule has 0 unspecified atom stereocenters. The summed E-state index contributed by atoms with van der Waals surface area (Å²) in [7, 11) is 0. The van der Waals surface area contributed by atoms with E-state index in [-0.39, 0.29) is 17.7 Å². The maximum absolute atomic E-state index is 12.7. The van der Waals surface area contributed by atoms with Crippen molar-refractivity contribution in [3.8, 4) is 0 Å². The Morgan fingerprint density at radius 3 is 2.40 bits per heavy atom. The highest BCUT2D eigenvalue weighted by Crippen LogP contribution is 2.27. The summed E-state index contributed by atoms with van der Waals surface area (Å²) in [4.78, 5) is 28.8. The molecule has 2 heterocycles. The lowest BCUT2D eigenvalue weighted by atomic mass is 10.1. The van der Waals surface area contributed by atoms with Gasteiger partial charge in [0.15, 0.2) is 5.76 Å². The second-order valence-electron chi connectivity index (χ2n) is 6.89. The molecule has 0 spiro atoms. The number of benzene rings is 1. The predicted octanol–water partition coefficient (Wildman–Crippen LogP) is 3.56. The fraction of sp³-hybridized carbons (Fsp3) is 0.474. The van der Waals surface area contributed by atoms with Crippen molar-refractivity contribution in [1.29, 1.82) is 0 Å². The van der Waals surface area contributed by atoms with Gasteiger partial charge in [-0.25, -0.2) is 0 Å². The zero-order chi connectivity index (χ0) is 17.4. The molecular weight excluding hydrogens is 340 g/mol. The second kappa shape index (κ2) is 6.71. The van der Waals surface area contributed by atoms with E-state index in [4.69, 9.17) is 16.0 Å². The molecule has 0 N–H and O–H groups in total. The van der Waals surface area contributed by atoms with Crippen LogP contribution < -0.4 is 0 Å². The lowest BCUT2D eigenvalue weighted by Crippen LogP contribution is -2.51. The summed E-state index contributed by atoms with van der Waals surface area (Å²) in [6.07, 6.45) is 4.34. The number of carbonyl (C=O) groups excluding carboxylic acids is 2. The van der Waals surface area contributed by atoms with E-state index in [1.54, 1.807) is 29.2 Å². The topological polar surface area (TPSA) is 53.8 Å². The number of carbonyl (C=O) groups is 2. The highest BCUT2D eigenvalue weighted by Gasteiger charge is 2.31. The number of hydrogen-bond acceptors (Lipinski definition) is 3. The molecule has 1 saturated heterocycles. The summed E-state index contributed by atoms with van der Waals surface area (Å²) in [5.74, 6) is 0.665. The van der Waals surface area contributed by atoms with E-state index >= 15 is 0 Å². The SMILES string of the molecule is O=C(c1cc2cc(Cl)ccc2o1)N1CCN(C(=O)C2CCCC2)CC1. The molecule has 1 aliphatic heterocycles. The van der Waals surface area contributed by atoms with Gasteiger partial charge in [0, 0.05) is 42.5 Å². The Morgan fingerprint density at radius 2 is 1.68 bits per heavy atom. The Morgan fingerprint density at radius 1 is 1.00 bits per heavy atom. The minimum absolute atomic E-state index is 0.125. The molecule has 1 aromatic heterocycles. The van der Waals surface area contributed by atoms with Crippen LogP contribution in [0.3, 0.4) is 0 Å². The summed E-state index contributed by atoms with van der Waals surface area (Å²) in [6, 6.07) is 7.04. The Hall–Kier alpha value is -2.01. The van der Waals surface area contributed by atoms with Crippen molar-refractivity contribution in [3.05, 3.63) is 35.0 Å². The predicted molar refractivity (Wildman–Crippen MR) is 95.7 cm³/mol. The van der Waals surface area contributed by atoms with Crippen LogP contribution in [0.15, 0.2) is 28.7 Å². The van der Waals surface area contributed by atoms with Crippen molar-refractivity contribution in [1.82, 2.24) is 9.80 Å². The van der Waals surface area contributed by atoms with E-state index in [2.05, 4.69) is 0 Å².